The van der Waals surface area contributed by atoms with E-state index in [1.54, 1.807) is 6.07 Å². The lowest BCUT2D eigenvalue weighted by Gasteiger charge is -2.24. The van der Waals surface area contributed by atoms with Crippen molar-refractivity contribution >= 4 is 11.7 Å². The summed E-state index contributed by atoms with van der Waals surface area (Å²) in [7, 11) is 0. The molecule has 1 atom stereocenters. The third kappa shape index (κ3) is 6.36. The summed E-state index contributed by atoms with van der Waals surface area (Å²) in [4.78, 5) is 29.6. The summed E-state index contributed by atoms with van der Waals surface area (Å²) in [5.74, 6) is -8.73. The number of carbonyl (C=O) groups excluding carboxylic acids is 2. The average Bonchev–Trinajstić information content (AvgIpc) is 3.32. The monoisotopic (exact) mass is 618 g/mol. The van der Waals surface area contributed by atoms with E-state index in [-0.39, 0.29) is 36.1 Å². The molecule has 1 aliphatic carbocycles. The second kappa shape index (κ2) is 12.2. The number of ketones is 1. The number of amides is 1. The Bertz CT molecular complexity index is 1720. The SMILES string of the molecule is NC(=O)c1cc(-c2cccnc2[C@@H](CC(=O)Cn2nc(C(F)F)c3c2C(F)(F)CCC3)Cc2cc(F)cc(F)c2)ccc1F. The van der Waals surface area contributed by atoms with Crippen LogP contribution in [0.25, 0.3) is 11.1 Å². The molecule has 230 valence electrons. The highest BCUT2D eigenvalue weighted by Gasteiger charge is 2.43. The molecule has 0 bridgehead atoms. The Morgan fingerprint density at radius 1 is 1.00 bits per heavy atom. The number of aromatic nitrogens is 3. The van der Waals surface area contributed by atoms with Crippen molar-refractivity contribution in [1.29, 1.82) is 0 Å². The predicted molar refractivity (Wildman–Crippen MR) is 145 cm³/mol. The highest BCUT2D eigenvalue weighted by Crippen LogP contribution is 2.43. The van der Waals surface area contributed by atoms with Crippen LogP contribution in [0.5, 0.6) is 0 Å². The zero-order chi connectivity index (χ0) is 31.8. The topological polar surface area (TPSA) is 90.9 Å². The van der Waals surface area contributed by atoms with Crippen LogP contribution in [0.1, 0.15) is 70.2 Å². The number of nitrogens with zero attached hydrogens (tertiary/aromatic N) is 3. The van der Waals surface area contributed by atoms with Gasteiger partial charge in [-0.3, -0.25) is 19.3 Å². The van der Waals surface area contributed by atoms with Crippen LogP contribution in [0.3, 0.4) is 0 Å². The van der Waals surface area contributed by atoms with E-state index in [9.17, 15) is 40.3 Å². The fraction of sp³-hybridized carbons (Fsp3) is 0.290. The van der Waals surface area contributed by atoms with Gasteiger partial charge in [0.15, 0.2) is 5.78 Å². The minimum atomic E-state index is -3.47. The van der Waals surface area contributed by atoms with Crippen LogP contribution in [0.15, 0.2) is 54.7 Å². The molecule has 0 radical (unpaired) electrons. The van der Waals surface area contributed by atoms with Crippen LogP contribution in [-0.4, -0.2) is 26.5 Å². The standard InChI is InChI=1S/C31H25F7N4O2/c32-19-10-16(11-20(33)14-19)9-18(26-22(4-2-8-40-26)17-5-6-25(34)24(13-17)30(39)44)12-21(43)15-42-28-23(27(41-42)29(35)36)3-1-7-31(28,37)38/h2,4-6,8,10-11,13-14,18,29H,1,3,7,9,12,15H2,(H2,39,44)/t18-/m1/s1. The van der Waals surface area contributed by atoms with Crippen molar-refractivity contribution in [3.05, 3.63) is 106 Å². The van der Waals surface area contributed by atoms with Crippen LogP contribution >= 0.6 is 0 Å². The van der Waals surface area contributed by atoms with Crippen LogP contribution in [0, 0.1) is 17.5 Å². The Hall–Kier alpha value is -4.55. The van der Waals surface area contributed by atoms with E-state index in [0.29, 0.717) is 21.9 Å². The number of hydrogen-bond acceptors (Lipinski definition) is 4. The lowest BCUT2D eigenvalue weighted by molar-refractivity contribution is -0.120. The Morgan fingerprint density at radius 2 is 1.73 bits per heavy atom. The first-order valence-electron chi connectivity index (χ1n) is 13.6. The number of primary amides is 1. The number of benzene rings is 2. The number of carbonyl (C=O) groups is 2. The quantitative estimate of drug-likeness (QED) is 0.198. The van der Waals surface area contributed by atoms with Crippen molar-refractivity contribution in [3.8, 4) is 11.1 Å². The van der Waals surface area contributed by atoms with E-state index >= 15 is 0 Å². The van der Waals surface area contributed by atoms with Crippen LogP contribution in [-0.2, 0) is 30.1 Å². The molecule has 0 saturated heterocycles. The van der Waals surface area contributed by atoms with Gasteiger partial charge in [0.2, 0.25) is 0 Å². The summed E-state index contributed by atoms with van der Waals surface area (Å²) >= 11 is 0. The van der Waals surface area contributed by atoms with Crippen molar-refractivity contribution in [2.24, 2.45) is 5.73 Å². The lowest BCUT2D eigenvalue weighted by atomic mass is 9.86. The molecule has 4 aromatic rings. The molecular formula is C31H25F7N4O2. The maximum atomic E-state index is 14.9. The molecule has 0 spiro atoms. The van der Waals surface area contributed by atoms with Crippen molar-refractivity contribution in [1.82, 2.24) is 14.8 Å². The van der Waals surface area contributed by atoms with Gasteiger partial charge in [-0.25, -0.2) is 22.0 Å². The third-order valence-electron chi connectivity index (χ3n) is 7.52. The number of nitrogens with two attached hydrogens (primary N) is 1. The van der Waals surface area contributed by atoms with Gasteiger partial charge < -0.3 is 5.73 Å². The van der Waals surface area contributed by atoms with E-state index in [0.717, 1.165) is 18.2 Å². The summed E-state index contributed by atoms with van der Waals surface area (Å²) in [5.41, 5.74) is 4.10. The number of alkyl halides is 4. The number of halogens is 7. The molecule has 0 saturated carbocycles. The highest BCUT2D eigenvalue weighted by molar-refractivity contribution is 5.94. The summed E-state index contributed by atoms with van der Waals surface area (Å²) in [6.07, 6.45) is -2.94. The van der Waals surface area contributed by atoms with Gasteiger partial charge >= 0.3 is 0 Å². The first-order valence-corrected chi connectivity index (χ1v) is 13.6. The summed E-state index contributed by atoms with van der Waals surface area (Å²) in [5, 5.41) is 3.69. The van der Waals surface area contributed by atoms with Crippen molar-refractivity contribution in [2.45, 2.75) is 56.9 Å². The second-order valence-corrected chi connectivity index (χ2v) is 10.6. The number of hydrogen-bond donors (Lipinski definition) is 1. The number of pyridine rings is 1. The zero-order valence-electron chi connectivity index (χ0n) is 23.0. The maximum Gasteiger partial charge on any atom is 0.289 e. The molecule has 2 N–H and O–H groups in total. The van der Waals surface area contributed by atoms with Gasteiger partial charge in [-0.2, -0.15) is 13.9 Å². The smallest absolute Gasteiger partial charge is 0.289 e. The minimum absolute atomic E-state index is 0.0189. The molecule has 0 aliphatic heterocycles. The van der Waals surface area contributed by atoms with E-state index in [2.05, 4.69) is 10.1 Å². The van der Waals surface area contributed by atoms with E-state index in [1.165, 1.54) is 24.4 Å². The van der Waals surface area contributed by atoms with Gasteiger partial charge in [0.25, 0.3) is 18.3 Å². The van der Waals surface area contributed by atoms with Gasteiger partial charge in [-0.15, -0.1) is 0 Å². The molecule has 0 fully saturated rings. The minimum Gasteiger partial charge on any atom is -0.366 e. The van der Waals surface area contributed by atoms with E-state index in [1.807, 2.05) is 0 Å². The van der Waals surface area contributed by atoms with Crippen molar-refractivity contribution < 1.29 is 40.3 Å². The molecule has 13 heteroatoms. The second-order valence-electron chi connectivity index (χ2n) is 10.6. The van der Waals surface area contributed by atoms with E-state index in [4.69, 9.17) is 5.73 Å². The first kappa shape index (κ1) is 30.9. The van der Waals surface area contributed by atoms with Gasteiger partial charge in [0, 0.05) is 42.1 Å². The predicted octanol–water partition coefficient (Wildman–Crippen LogP) is 6.81. The first-order chi connectivity index (χ1) is 20.8. The van der Waals surface area contributed by atoms with E-state index < -0.39 is 83.7 Å². The Balaban J connectivity index is 1.54. The summed E-state index contributed by atoms with van der Waals surface area (Å²) in [6, 6.07) is 9.48. The van der Waals surface area contributed by atoms with Crippen LogP contribution < -0.4 is 5.73 Å². The fourth-order valence-corrected chi connectivity index (χ4v) is 5.72. The normalized spacial score (nSPS) is 14.8. The number of rotatable bonds is 10. The summed E-state index contributed by atoms with van der Waals surface area (Å²) < 4.78 is 100. The van der Waals surface area contributed by atoms with Gasteiger partial charge in [0.1, 0.15) is 35.4 Å². The Morgan fingerprint density at radius 3 is 2.41 bits per heavy atom. The molecule has 2 heterocycles. The Kier molecular flexibility index (Phi) is 8.57. The molecule has 1 aliphatic rings. The number of Topliss-reactive ketones (excluding diaryl/α,β-unsaturated/α-hetero) is 1. The molecule has 44 heavy (non-hydrogen) atoms. The number of fused-ring (bicyclic) bond motifs is 1. The van der Waals surface area contributed by atoms with Gasteiger partial charge in [-0.05, 0) is 60.7 Å². The highest BCUT2D eigenvalue weighted by atomic mass is 19.3. The average molecular weight is 619 g/mol. The Labute approximate surface area is 246 Å². The lowest BCUT2D eigenvalue weighted by Crippen LogP contribution is -2.27. The zero-order valence-corrected chi connectivity index (χ0v) is 23.0. The molecule has 2 aromatic carbocycles. The fourth-order valence-electron chi connectivity index (χ4n) is 5.72. The molecular weight excluding hydrogens is 593 g/mol. The van der Waals surface area contributed by atoms with Crippen LogP contribution in [0.4, 0.5) is 30.7 Å². The largest absolute Gasteiger partial charge is 0.366 e. The maximum absolute atomic E-state index is 14.9. The third-order valence-corrected chi connectivity index (χ3v) is 7.52. The van der Waals surface area contributed by atoms with Gasteiger partial charge in [-0.1, -0.05) is 12.1 Å². The van der Waals surface area contributed by atoms with Crippen molar-refractivity contribution in [3.63, 3.8) is 0 Å². The molecule has 2 aromatic heterocycles. The molecule has 5 rings (SSSR count). The molecule has 0 unspecified atom stereocenters. The van der Waals surface area contributed by atoms with Crippen molar-refractivity contribution in [2.75, 3.05) is 0 Å². The van der Waals surface area contributed by atoms with Gasteiger partial charge in [0.05, 0.1) is 11.3 Å². The summed E-state index contributed by atoms with van der Waals surface area (Å²) in [6.45, 7) is -0.761. The van der Waals surface area contributed by atoms with Crippen LogP contribution in [0.2, 0.25) is 0 Å². The molecule has 1 amide bonds. The molecule has 6 nitrogen and oxygen atoms in total.